The highest BCUT2D eigenvalue weighted by Gasteiger charge is 2.03. The van der Waals surface area contributed by atoms with E-state index in [4.69, 9.17) is 0 Å². The monoisotopic (exact) mass is 325 g/mol. The van der Waals surface area contributed by atoms with Gasteiger partial charge in [-0.3, -0.25) is 0 Å². The van der Waals surface area contributed by atoms with Gasteiger partial charge in [0.25, 0.3) is 0 Å². The average Bonchev–Trinajstić information content (AvgIpc) is 3.18. The van der Waals surface area contributed by atoms with Crippen LogP contribution >= 0.6 is 0 Å². The zero-order valence-electron chi connectivity index (χ0n) is 13.9. The smallest absolute Gasteiger partial charge is 0.153 e. The van der Waals surface area contributed by atoms with Crippen molar-refractivity contribution in [3.63, 3.8) is 0 Å². The molecule has 0 bridgehead atoms. The average molecular weight is 325 g/mol. The molecule has 0 saturated carbocycles. The topological polar surface area (TPSA) is 30.7 Å². The maximum atomic E-state index is 4.40. The Bertz CT molecular complexity index is 944. The molecule has 2 aromatic carbocycles. The van der Waals surface area contributed by atoms with Gasteiger partial charge in [-0.25, -0.2) is 9.67 Å². The third kappa shape index (κ3) is 3.83. The lowest BCUT2D eigenvalue weighted by Gasteiger charge is -2.07. The number of rotatable bonds is 5. The SMILES string of the molecule is c1ccc(Cc2cccc(Cc3ccnc(-n4cccn4)c3)c2)cc1. The summed E-state index contributed by atoms with van der Waals surface area (Å²) in [4.78, 5) is 4.40. The molecule has 0 spiro atoms. The van der Waals surface area contributed by atoms with Crippen molar-refractivity contribution in [2.24, 2.45) is 0 Å². The van der Waals surface area contributed by atoms with Crippen molar-refractivity contribution in [1.29, 1.82) is 0 Å². The van der Waals surface area contributed by atoms with Crippen molar-refractivity contribution in [1.82, 2.24) is 14.8 Å². The lowest BCUT2D eigenvalue weighted by atomic mass is 9.99. The summed E-state index contributed by atoms with van der Waals surface area (Å²) >= 11 is 0. The van der Waals surface area contributed by atoms with Crippen molar-refractivity contribution in [3.05, 3.63) is 114 Å². The second-order valence-electron chi connectivity index (χ2n) is 6.13. The second kappa shape index (κ2) is 7.14. The third-order valence-corrected chi connectivity index (χ3v) is 4.20. The molecule has 3 heteroatoms. The second-order valence-corrected chi connectivity index (χ2v) is 6.13. The van der Waals surface area contributed by atoms with Crippen molar-refractivity contribution in [3.8, 4) is 5.82 Å². The van der Waals surface area contributed by atoms with Gasteiger partial charge in [0.1, 0.15) is 0 Å². The van der Waals surface area contributed by atoms with Gasteiger partial charge in [-0.1, -0.05) is 54.6 Å². The van der Waals surface area contributed by atoms with Crippen molar-refractivity contribution >= 4 is 0 Å². The van der Waals surface area contributed by atoms with Crippen LogP contribution in [0, 0.1) is 0 Å². The Kier molecular flexibility index (Phi) is 4.38. The van der Waals surface area contributed by atoms with Crippen LogP contribution in [-0.4, -0.2) is 14.8 Å². The Labute approximate surface area is 147 Å². The molecule has 0 amide bonds. The van der Waals surface area contributed by atoms with Gasteiger partial charge in [-0.2, -0.15) is 5.10 Å². The molecule has 4 rings (SSSR count). The van der Waals surface area contributed by atoms with E-state index in [9.17, 15) is 0 Å². The minimum absolute atomic E-state index is 0.850. The fourth-order valence-electron chi connectivity index (χ4n) is 3.02. The van der Waals surface area contributed by atoms with E-state index in [1.165, 1.54) is 22.3 Å². The molecule has 25 heavy (non-hydrogen) atoms. The molecule has 0 radical (unpaired) electrons. The van der Waals surface area contributed by atoms with E-state index < -0.39 is 0 Å². The summed E-state index contributed by atoms with van der Waals surface area (Å²) in [6, 6.07) is 25.5. The van der Waals surface area contributed by atoms with Gasteiger partial charge in [0.2, 0.25) is 0 Å². The Balaban J connectivity index is 1.53. The highest BCUT2D eigenvalue weighted by molar-refractivity contribution is 5.35. The first-order valence-corrected chi connectivity index (χ1v) is 8.43. The maximum absolute atomic E-state index is 4.40. The van der Waals surface area contributed by atoms with E-state index >= 15 is 0 Å². The molecule has 2 aromatic heterocycles. The van der Waals surface area contributed by atoms with E-state index in [0.29, 0.717) is 0 Å². The standard InChI is InChI=1S/C22H19N3/c1-2-6-18(7-3-1)14-19-8-4-9-20(15-19)16-21-10-12-23-22(17-21)25-13-5-11-24-25/h1-13,15,17H,14,16H2. The van der Waals surface area contributed by atoms with Crippen LogP contribution < -0.4 is 0 Å². The van der Waals surface area contributed by atoms with Crippen LogP contribution in [0.4, 0.5) is 0 Å². The van der Waals surface area contributed by atoms with Gasteiger partial charge >= 0.3 is 0 Å². The molecule has 0 N–H and O–H groups in total. The van der Waals surface area contributed by atoms with Crippen molar-refractivity contribution < 1.29 is 0 Å². The van der Waals surface area contributed by atoms with Crippen LogP contribution in [0.3, 0.4) is 0 Å². The zero-order chi connectivity index (χ0) is 16.9. The first-order chi connectivity index (χ1) is 12.4. The first kappa shape index (κ1) is 15.3. The van der Waals surface area contributed by atoms with Crippen LogP contribution in [0.1, 0.15) is 22.3 Å². The molecular weight excluding hydrogens is 306 g/mol. The zero-order valence-corrected chi connectivity index (χ0v) is 13.9. The molecule has 0 fully saturated rings. The summed E-state index contributed by atoms with van der Waals surface area (Å²) in [5, 5.41) is 4.25. The fraction of sp³-hybridized carbons (Fsp3) is 0.0909. The van der Waals surface area contributed by atoms with Crippen LogP contribution in [0.5, 0.6) is 0 Å². The first-order valence-electron chi connectivity index (χ1n) is 8.43. The molecule has 0 atom stereocenters. The van der Waals surface area contributed by atoms with Crippen molar-refractivity contribution in [2.75, 3.05) is 0 Å². The Hall–Kier alpha value is -3.20. The number of aromatic nitrogens is 3. The van der Waals surface area contributed by atoms with Crippen LogP contribution in [0.2, 0.25) is 0 Å². The quantitative estimate of drug-likeness (QED) is 0.543. The number of hydrogen-bond acceptors (Lipinski definition) is 2. The summed E-state index contributed by atoms with van der Waals surface area (Å²) in [5.41, 5.74) is 5.22. The van der Waals surface area contributed by atoms with Crippen LogP contribution in [0.25, 0.3) is 5.82 Å². The van der Waals surface area contributed by atoms with E-state index in [1.807, 2.05) is 18.5 Å². The number of pyridine rings is 1. The molecule has 4 aromatic rings. The molecule has 0 aliphatic carbocycles. The predicted octanol–water partition coefficient (Wildman–Crippen LogP) is 4.45. The molecule has 0 aliphatic rings. The number of hydrogen-bond donors (Lipinski definition) is 0. The number of benzene rings is 2. The Morgan fingerprint density at radius 2 is 1.36 bits per heavy atom. The summed E-state index contributed by atoms with van der Waals surface area (Å²) in [6.07, 6.45) is 7.37. The van der Waals surface area contributed by atoms with Gasteiger partial charge in [0, 0.05) is 18.6 Å². The highest BCUT2D eigenvalue weighted by Crippen LogP contribution is 2.16. The van der Waals surface area contributed by atoms with E-state index in [2.05, 4.69) is 76.8 Å². The minimum Gasteiger partial charge on any atom is -0.237 e. The highest BCUT2D eigenvalue weighted by atomic mass is 15.3. The molecule has 3 nitrogen and oxygen atoms in total. The Morgan fingerprint density at radius 1 is 0.640 bits per heavy atom. The molecule has 2 heterocycles. The van der Waals surface area contributed by atoms with Gasteiger partial charge in [0.05, 0.1) is 0 Å². The van der Waals surface area contributed by atoms with Gasteiger partial charge in [-0.05, 0) is 53.3 Å². The van der Waals surface area contributed by atoms with E-state index in [0.717, 1.165) is 18.7 Å². The van der Waals surface area contributed by atoms with E-state index in [1.54, 1.807) is 10.9 Å². The predicted molar refractivity (Wildman–Crippen MR) is 99.9 cm³/mol. The normalized spacial score (nSPS) is 10.7. The van der Waals surface area contributed by atoms with Gasteiger partial charge < -0.3 is 0 Å². The van der Waals surface area contributed by atoms with Gasteiger partial charge in [-0.15, -0.1) is 0 Å². The molecule has 0 saturated heterocycles. The van der Waals surface area contributed by atoms with Crippen LogP contribution in [0.15, 0.2) is 91.4 Å². The third-order valence-electron chi connectivity index (χ3n) is 4.20. The molecule has 0 aliphatic heterocycles. The summed E-state index contributed by atoms with van der Waals surface area (Å²) in [7, 11) is 0. The van der Waals surface area contributed by atoms with Crippen LogP contribution in [-0.2, 0) is 12.8 Å². The van der Waals surface area contributed by atoms with Gasteiger partial charge in [0.15, 0.2) is 5.82 Å². The molecule has 122 valence electrons. The maximum Gasteiger partial charge on any atom is 0.153 e. The summed E-state index contributed by atoms with van der Waals surface area (Å²) < 4.78 is 1.79. The largest absolute Gasteiger partial charge is 0.237 e. The van der Waals surface area contributed by atoms with Crippen molar-refractivity contribution in [2.45, 2.75) is 12.8 Å². The molecule has 0 unspecified atom stereocenters. The lowest BCUT2D eigenvalue weighted by Crippen LogP contribution is -1.99. The summed E-state index contributed by atoms with van der Waals surface area (Å²) in [6.45, 7) is 0. The summed E-state index contributed by atoms with van der Waals surface area (Å²) in [5.74, 6) is 0.850. The Morgan fingerprint density at radius 3 is 2.12 bits per heavy atom. The minimum atomic E-state index is 0.850. The fourth-order valence-corrected chi connectivity index (χ4v) is 3.02. The van der Waals surface area contributed by atoms with E-state index in [-0.39, 0.29) is 0 Å². The molecular formula is C22H19N3. The lowest BCUT2D eigenvalue weighted by molar-refractivity contribution is 0.843. The number of nitrogens with zero attached hydrogens (tertiary/aromatic N) is 3.